The van der Waals surface area contributed by atoms with Gasteiger partial charge in [-0.1, -0.05) is 25.4 Å². The summed E-state index contributed by atoms with van der Waals surface area (Å²) in [5.74, 6) is -2.09. The van der Waals surface area contributed by atoms with Crippen molar-refractivity contribution in [2.45, 2.75) is 26.9 Å². The first-order valence-electron chi connectivity index (χ1n) is 8.58. The van der Waals surface area contributed by atoms with Gasteiger partial charge in [0.2, 0.25) is 0 Å². The van der Waals surface area contributed by atoms with Gasteiger partial charge in [0, 0.05) is 19.8 Å². The number of aliphatic carboxylic acids is 1. The van der Waals surface area contributed by atoms with E-state index in [0.717, 1.165) is 12.1 Å². The summed E-state index contributed by atoms with van der Waals surface area (Å²) in [7, 11) is 1.90. The van der Waals surface area contributed by atoms with Crippen molar-refractivity contribution in [1.82, 2.24) is 15.0 Å². The number of pyridine rings is 1. The molecule has 12 heteroatoms. The number of alkyl halides is 3. The van der Waals surface area contributed by atoms with E-state index in [-0.39, 0.29) is 16.8 Å². The van der Waals surface area contributed by atoms with Crippen molar-refractivity contribution in [2.24, 2.45) is 5.92 Å². The van der Waals surface area contributed by atoms with E-state index in [0.29, 0.717) is 17.4 Å². The van der Waals surface area contributed by atoms with Crippen LogP contribution < -0.4 is 10.2 Å². The Bertz CT molecular complexity index is 894. The van der Waals surface area contributed by atoms with Gasteiger partial charge < -0.3 is 15.3 Å². The van der Waals surface area contributed by atoms with Crippen molar-refractivity contribution < 1.29 is 27.9 Å². The molecule has 1 amide bonds. The number of carboxylic acid groups (broad SMARTS) is 1. The van der Waals surface area contributed by atoms with Gasteiger partial charge in [0.25, 0.3) is 5.91 Å². The van der Waals surface area contributed by atoms with Gasteiger partial charge in [-0.25, -0.2) is 14.8 Å². The van der Waals surface area contributed by atoms with E-state index in [2.05, 4.69) is 34.1 Å². The van der Waals surface area contributed by atoms with Gasteiger partial charge in [-0.15, -0.1) is 0 Å². The Morgan fingerprint density at radius 1 is 1.30 bits per heavy atom. The summed E-state index contributed by atoms with van der Waals surface area (Å²) in [6, 6.07) is 1.82. The van der Waals surface area contributed by atoms with Crippen LogP contribution >= 0.6 is 11.6 Å². The molecule has 0 saturated heterocycles. The smallest absolute Gasteiger partial charge is 0.475 e. The van der Waals surface area contributed by atoms with Crippen molar-refractivity contribution in [3.05, 3.63) is 41.1 Å². The van der Waals surface area contributed by atoms with Gasteiger partial charge in [-0.2, -0.15) is 13.2 Å². The first-order chi connectivity index (χ1) is 13.8. The zero-order valence-corrected chi connectivity index (χ0v) is 17.4. The second-order valence-corrected chi connectivity index (χ2v) is 6.95. The molecule has 0 unspecified atom stereocenters. The highest BCUT2D eigenvalue weighted by atomic mass is 35.5. The number of carbonyl (C=O) groups excluding carboxylic acids is 1. The largest absolute Gasteiger partial charge is 0.490 e. The standard InChI is InChI=1S/C16H20ClN5O.C2HF3O2/c1-10(2)9-22(4)15-14(17)20-13(8-19-15)16(23)21-12-7-18-6-5-11(12)3;3-2(4,5)1(6)7/h5-8,10H,9H2,1-4H3,(H,21,23);(H,6,7). The SMILES string of the molecule is Cc1ccncc1NC(=O)c1cnc(N(C)CC(C)C)c(Cl)n1.O=C(O)C(F)(F)F. The lowest BCUT2D eigenvalue weighted by Crippen LogP contribution is -2.25. The Kier molecular flexibility index (Phi) is 8.96. The van der Waals surface area contributed by atoms with Crippen LogP contribution in [0.25, 0.3) is 0 Å². The van der Waals surface area contributed by atoms with Gasteiger partial charge in [-0.3, -0.25) is 9.78 Å². The third-order valence-electron chi connectivity index (χ3n) is 3.48. The lowest BCUT2D eigenvalue weighted by atomic mass is 10.2. The van der Waals surface area contributed by atoms with Gasteiger partial charge in [0.1, 0.15) is 5.69 Å². The van der Waals surface area contributed by atoms with Crippen LogP contribution in [-0.2, 0) is 4.79 Å². The van der Waals surface area contributed by atoms with Gasteiger partial charge in [-0.05, 0) is 24.5 Å². The predicted molar refractivity (Wildman–Crippen MR) is 106 cm³/mol. The molecule has 0 aliphatic heterocycles. The first-order valence-corrected chi connectivity index (χ1v) is 8.96. The Labute approximate surface area is 176 Å². The van der Waals surface area contributed by atoms with Crippen molar-refractivity contribution in [1.29, 1.82) is 0 Å². The average Bonchev–Trinajstić information content (AvgIpc) is 2.62. The van der Waals surface area contributed by atoms with E-state index in [1.165, 1.54) is 6.20 Å². The molecule has 30 heavy (non-hydrogen) atoms. The monoisotopic (exact) mass is 447 g/mol. The van der Waals surface area contributed by atoms with Crippen molar-refractivity contribution >= 4 is 35.0 Å². The first kappa shape index (κ1) is 25.1. The number of carboxylic acids is 1. The number of nitrogens with zero attached hydrogens (tertiary/aromatic N) is 4. The lowest BCUT2D eigenvalue weighted by molar-refractivity contribution is -0.192. The Hall–Kier alpha value is -2.95. The van der Waals surface area contributed by atoms with E-state index in [9.17, 15) is 18.0 Å². The minimum absolute atomic E-state index is 0.167. The fourth-order valence-corrected chi connectivity index (χ4v) is 2.43. The molecule has 0 aliphatic carbocycles. The number of aryl methyl sites for hydroxylation is 1. The van der Waals surface area contributed by atoms with Crippen LogP contribution in [0.4, 0.5) is 24.7 Å². The topological polar surface area (TPSA) is 108 Å². The zero-order valence-electron chi connectivity index (χ0n) is 16.7. The Morgan fingerprint density at radius 2 is 1.90 bits per heavy atom. The minimum Gasteiger partial charge on any atom is -0.475 e. The lowest BCUT2D eigenvalue weighted by Gasteiger charge is -2.21. The molecule has 0 aromatic carbocycles. The molecule has 0 fully saturated rings. The fourth-order valence-electron chi connectivity index (χ4n) is 2.14. The summed E-state index contributed by atoms with van der Waals surface area (Å²) in [5.41, 5.74) is 1.72. The molecule has 2 aromatic heterocycles. The summed E-state index contributed by atoms with van der Waals surface area (Å²) in [5, 5.41) is 10.1. The second-order valence-electron chi connectivity index (χ2n) is 6.59. The molecule has 0 atom stereocenters. The summed E-state index contributed by atoms with van der Waals surface area (Å²) in [4.78, 5) is 35.5. The molecule has 2 rings (SSSR count). The third-order valence-corrected chi connectivity index (χ3v) is 3.73. The van der Waals surface area contributed by atoms with Gasteiger partial charge >= 0.3 is 12.1 Å². The number of nitrogens with one attached hydrogen (secondary N) is 1. The maximum absolute atomic E-state index is 12.3. The molecule has 2 heterocycles. The summed E-state index contributed by atoms with van der Waals surface area (Å²) < 4.78 is 31.7. The van der Waals surface area contributed by atoms with Crippen molar-refractivity contribution in [2.75, 3.05) is 23.8 Å². The van der Waals surface area contributed by atoms with Crippen LogP contribution in [0.15, 0.2) is 24.7 Å². The van der Waals surface area contributed by atoms with Crippen LogP contribution in [0.1, 0.15) is 29.9 Å². The molecular weight excluding hydrogens is 427 g/mol. The van der Waals surface area contributed by atoms with Crippen LogP contribution in [-0.4, -0.2) is 51.7 Å². The highest BCUT2D eigenvalue weighted by molar-refractivity contribution is 6.31. The van der Waals surface area contributed by atoms with Crippen LogP contribution in [0, 0.1) is 12.8 Å². The summed E-state index contributed by atoms with van der Waals surface area (Å²) in [6.45, 7) is 6.90. The maximum atomic E-state index is 12.3. The third kappa shape index (κ3) is 7.82. The highest BCUT2D eigenvalue weighted by Crippen LogP contribution is 2.21. The molecule has 0 saturated carbocycles. The van der Waals surface area contributed by atoms with Crippen molar-refractivity contribution in [3.63, 3.8) is 0 Å². The molecular formula is C18H21ClF3N5O3. The number of rotatable bonds is 5. The van der Waals surface area contributed by atoms with E-state index in [4.69, 9.17) is 21.5 Å². The summed E-state index contributed by atoms with van der Waals surface area (Å²) in [6.07, 6.45) is -0.396. The molecule has 2 aromatic rings. The number of hydrogen-bond donors (Lipinski definition) is 2. The van der Waals surface area contributed by atoms with E-state index in [1.807, 2.05) is 24.9 Å². The quantitative estimate of drug-likeness (QED) is 0.717. The summed E-state index contributed by atoms with van der Waals surface area (Å²) >= 11 is 6.18. The second kappa shape index (κ2) is 10.7. The molecule has 0 spiro atoms. The molecule has 0 aliphatic rings. The normalized spacial score (nSPS) is 10.8. The number of hydrogen-bond acceptors (Lipinski definition) is 6. The van der Waals surface area contributed by atoms with E-state index in [1.54, 1.807) is 12.4 Å². The Balaban J connectivity index is 0.000000553. The van der Waals surface area contributed by atoms with Crippen LogP contribution in [0.2, 0.25) is 5.15 Å². The maximum Gasteiger partial charge on any atom is 0.490 e. The number of halogens is 4. The molecule has 2 N–H and O–H groups in total. The van der Waals surface area contributed by atoms with Crippen LogP contribution in [0.3, 0.4) is 0 Å². The number of amides is 1. The predicted octanol–water partition coefficient (Wildman–Crippen LogP) is 3.81. The molecule has 0 radical (unpaired) electrons. The molecule has 0 bridgehead atoms. The van der Waals surface area contributed by atoms with Gasteiger partial charge in [0.15, 0.2) is 11.0 Å². The average molecular weight is 448 g/mol. The van der Waals surface area contributed by atoms with Gasteiger partial charge in [0.05, 0.1) is 18.1 Å². The molecule has 8 nitrogen and oxygen atoms in total. The zero-order chi connectivity index (χ0) is 23.1. The van der Waals surface area contributed by atoms with Crippen molar-refractivity contribution in [3.8, 4) is 0 Å². The van der Waals surface area contributed by atoms with E-state index < -0.39 is 12.1 Å². The fraction of sp³-hybridized carbons (Fsp3) is 0.389. The number of carbonyl (C=O) groups is 2. The highest BCUT2D eigenvalue weighted by Gasteiger charge is 2.38. The Morgan fingerprint density at radius 3 is 2.37 bits per heavy atom. The molecule has 164 valence electrons. The number of aromatic nitrogens is 3. The number of anilines is 2. The van der Waals surface area contributed by atoms with Crippen LogP contribution in [0.5, 0.6) is 0 Å². The minimum atomic E-state index is -5.08. The van der Waals surface area contributed by atoms with E-state index >= 15 is 0 Å².